The Morgan fingerprint density at radius 2 is 2.10 bits per heavy atom. The summed E-state index contributed by atoms with van der Waals surface area (Å²) in [4.78, 5) is 0. The minimum Gasteiger partial charge on any atom is -0.396 e. The van der Waals surface area contributed by atoms with Crippen LogP contribution < -0.4 is 5.73 Å². The SMILES string of the molecule is NC1C2C=CC(O2)C1CO. The second-order valence-electron chi connectivity index (χ2n) is 2.87. The molecule has 2 bridgehead atoms. The molecule has 0 aliphatic carbocycles. The van der Waals surface area contributed by atoms with Crippen LogP contribution in [0.4, 0.5) is 0 Å². The van der Waals surface area contributed by atoms with Gasteiger partial charge in [0.15, 0.2) is 0 Å². The normalized spacial score (nSPS) is 50.6. The van der Waals surface area contributed by atoms with Crippen molar-refractivity contribution in [3.63, 3.8) is 0 Å². The van der Waals surface area contributed by atoms with E-state index >= 15 is 0 Å². The number of aliphatic hydroxyl groups is 1. The molecule has 3 heteroatoms. The van der Waals surface area contributed by atoms with Crippen molar-refractivity contribution >= 4 is 0 Å². The molecule has 10 heavy (non-hydrogen) atoms. The van der Waals surface area contributed by atoms with Crippen molar-refractivity contribution < 1.29 is 9.84 Å². The zero-order chi connectivity index (χ0) is 7.14. The van der Waals surface area contributed by atoms with Crippen LogP contribution in [0.5, 0.6) is 0 Å². The number of hydrogen-bond acceptors (Lipinski definition) is 3. The van der Waals surface area contributed by atoms with Crippen molar-refractivity contribution in [1.82, 2.24) is 0 Å². The maximum atomic E-state index is 8.86. The van der Waals surface area contributed by atoms with E-state index in [1.165, 1.54) is 0 Å². The summed E-state index contributed by atoms with van der Waals surface area (Å²) in [5.41, 5.74) is 5.74. The first-order chi connectivity index (χ1) is 4.83. The Bertz CT molecular complexity index is 169. The predicted molar refractivity (Wildman–Crippen MR) is 36.4 cm³/mol. The zero-order valence-corrected chi connectivity index (χ0v) is 5.60. The molecule has 3 N–H and O–H groups in total. The van der Waals surface area contributed by atoms with Crippen LogP contribution in [-0.4, -0.2) is 30.0 Å². The number of nitrogens with two attached hydrogens (primary N) is 1. The van der Waals surface area contributed by atoms with Crippen LogP contribution in [0.3, 0.4) is 0 Å². The van der Waals surface area contributed by atoms with Crippen LogP contribution in [0.2, 0.25) is 0 Å². The van der Waals surface area contributed by atoms with Gasteiger partial charge in [-0.1, -0.05) is 12.2 Å². The number of hydrogen-bond donors (Lipinski definition) is 2. The van der Waals surface area contributed by atoms with E-state index in [4.69, 9.17) is 15.6 Å². The van der Waals surface area contributed by atoms with Crippen molar-refractivity contribution in [3.8, 4) is 0 Å². The first kappa shape index (κ1) is 6.34. The van der Waals surface area contributed by atoms with Gasteiger partial charge in [0, 0.05) is 12.0 Å². The Morgan fingerprint density at radius 3 is 2.50 bits per heavy atom. The number of aliphatic hydroxyl groups excluding tert-OH is 1. The fourth-order valence-corrected chi connectivity index (χ4v) is 1.64. The average Bonchev–Trinajstić information content (AvgIpc) is 2.46. The monoisotopic (exact) mass is 141 g/mol. The van der Waals surface area contributed by atoms with E-state index in [2.05, 4.69) is 0 Å². The molecule has 1 saturated heterocycles. The first-order valence-electron chi connectivity index (χ1n) is 3.53. The van der Waals surface area contributed by atoms with E-state index in [1.54, 1.807) is 0 Å². The molecule has 2 aliphatic heterocycles. The average molecular weight is 141 g/mol. The van der Waals surface area contributed by atoms with Crippen LogP contribution in [0.25, 0.3) is 0 Å². The van der Waals surface area contributed by atoms with Gasteiger partial charge >= 0.3 is 0 Å². The third kappa shape index (κ3) is 0.653. The minimum atomic E-state index is -0.000000000000000222. The van der Waals surface area contributed by atoms with E-state index in [0.29, 0.717) is 0 Å². The fourth-order valence-electron chi connectivity index (χ4n) is 1.64. The molecule has 0 radical (unpaired) electrons. The first-order valence-corrected chi connectivity index (χ1v) is 3.53. The van der Waals surface area contributed by atoms with Crippen LogP contribution in [0.15, 0.2) is 12.2 Å². The summed E-state index contributed by atoms with van der Waals surface area (Å²) < 4.78 is 5.39. The largest absolute Gasteiger partial charge is 0.396 e. The molecule has 0 aromatic heterocycles. The third-order valence-corrected chi connectivity index (χ3v) is 2.31. The molecule has 0 aromatic carbocycles. The second-order valence-corrected chi connectivity index (χ2v) is 2.87. The molecule has 2 heterocycles. The second kappa shape index (κ2) is 2.05. The predicted octanol–water partition coefficient (Wildman–Crippen LogP) is -0.741. The maximum Gasteiger partial charge on any atom is 0.0920 e. The molecule has 4 atom stereocenters. The fraction of sp³-hybridized carbons (Fsp3) is 0.714. The summed E-state index contributed by atoms with van der Waals surface area (Å²) in [6, 6.07) is -0.000000000000000222. The van der Waals surface area contributed by atoms with Gasteiger partial charge in [-0.3, -0.25) is 0 Å². The highest BCUT2D eigenvalue weighted by Crippen LogP contribution is 2.32. The molecule has 0 aromatic rings. The molecule has 1 fully saturated rings. The summed E-state index contributed by atoms with van der Waals surface area (Å²) >= 11 is 0. The molecule has 2 aliphatic rings. The van der Waals surface area contributed by atoms with Crippen LogP contribution in [0.1, 0.15) is 0 Å². The van der Waals surface area contributed by atoms with Crippen molar-refractivity contribution in [3.05, 3.63) is 12.2 Å². The third-order valence-electron chi connectivity index (χ3n) is 2.31. The molecular weight excluding hydrogens is 130 g/mol. The Labute approximate surface area is 59.5 Å². The van der Waals surface area contributed by atoms with Gasteiger partial charge in [-0.25, -0.2) is 0 Å². The van der Waals surface area contributed by atoms with Gasteiger partial charge in [-0.05, 0) is 0 Å². The van der Waals surface area contributed by atoms with Crippen LogP contribution in [0, 0.1) is 5.92 Å². The lowest BCUT2D eigenvalue weighted by Crippen LogP contribution is -2.39. The highest BCUT2D eigenvalue weighted by molar-refractivity contribution is 5.16. The Hall–Kier alpha value is -0.380. The smallest absolute Gasteiger partial charge is 0.0920 e. The summed E-state index contributed by atoms with van der Waals surface area (Å²) in [5.74, 6) is 0.120. The quantitative estimate of drug-likeness (QED) is 0.473. The van der Waals surface area contributed by atoms with Gasteiger partial charge in [0.25, 0.3) is 0 Å². The Balaban J connectivity index is 2.18. The van der Waals surface area contributed by atoms with Gasteiger partial charge in [0.2, 0.25) is 0 Å². The Kier molecular flexibility index (Phi) is 1.30. The van der Waals surface area contributed by atoms with E-state index < -0.39 is 0 Å². The van der Waals surface area contributed by atoms with Crippen molar-refractivity contribution in [1.29, 1.82) is 0 Å². The van der Waals surface area contributed by atoms with Gasteiger partial charge < -0.3 is 15.6 Å². The van der Waals surface area contributed by atoms with Gasteiger partial charge in [0.05, 0.1) is 18.8 Å². The lowest BCUT2D eigenvalue weighted by Gasteiger charge is -2.18. The van der Waals surface area contributed by atoms with E-state index in [0.717, 1.165) is 0 Å². The van der Waals surface area contributed by atoms with Crippen molar-refractivity contribution in [2.45, 2.75) is 18.2 Å². The molecule has 2 rings (SSSR count). The number of ether oxygens (including phenoxy) is 1. The highest BCUT2D eigenvalue weighted by atomic mass is 16.5. The summed E-state index contributed by atoms with van der Waals surface area (Å²) in [5, 5.41) is 8.86. The van der Waals surface area contributed by atoms with Gasteiger partial charge in [-0.2, -0.15) is 0 Å². The molecule has 0 spiro atoms. The summed E-state index contributed by atoms with van der Waals surface area (Å²) in [7, 11) is 0. The summed E-state index contributed by atoms with van der Waals surface area (Å²) in [6.07, 6.45) is 4.09. The maximum absolute atomic E-state index is 8.86. The lowest BCUT2D eigenvalue weighted by molar-refractivity contribution is 0.0946. The van der Waals surface area contributed by atoms with Crippen molar-refractivity contribution in [2.75, 3.05) is 6.61 Å². The van der Waals surface area contributed by atoms with E-state index in [9.17, 15) is 0 Å². The Morgan fingerprint density at radius 1 is 1.40 bits per heavy atom. The molecule has 0 amide bonds. The van der Waals surface area contributed by atoms with Crippen molar-refractivity contribution in [2.24, 2.45) is 11.7 Å². The highest BCUT2D eigenvalue weighted by Gasteiger charge is 2.43. The minimum absolute atomic E-state index is 0.000000000000000222. The molecule has 3 nitrogen and oxygen atoms in total. The van der Waals surface area contributed by atoms with Gasteiger partial charge in [0.1, 0.15) is 0 Å². The standard InChI is InChI=1S/C7H11NO2/c8-7-4(3-9)5-1-2-6(7)10-5/h1-2,4-7,9H,3,8H2. The molecule has 4 unspecified atom stereocenters. The number of fused-ring (bicyclic) bond motifs is 2. The molecule has 56 valence electrons. The van der Waals surface area contributed by atoms with E-state index in [1.807, 2.05) is 12.2 Å². The van der Waals surface area contributed by atoms with Crippen LogP contribution in [-0.2, 0) is 4.74 Å². The van der Waals surface area contributed by atoms with Gasteiger partial charge in [-0.15, -0.1) is 0 Å². The van der Waals surface area contributed by atoms with E-state index in [-0.39, 0.29) is 30.8 Å². The topological polar surface area (TPSA) is 55.5 Å². The summed E-state index contributed by atoms with van der Waals surface area (Å²) in [6.45, 7) is 0.132. The lowest BCUT2D eigenvalue weighted by atomic mass is 9.91. The number of rotatable bonds is 1. The van der Waals surface area contributed by atoms with Crippen LogP contribution >= 0.6 is 0 Å². The molecular formula is C7H11NO2. The zero-order valence-electron chi connectivity index (χ0n) is 5.60. The molecule has 0 saturated carbocycles.